The van der Waals surface area contributed by atoms with Gasteiger partial charge in [-0.1, -0.05) is 43.5 Å². The second kappa shape index (κ2) is 3.62. The lowest BCUT2D eigenvalue weighted by molar-refractivity contribution is 1.67. The fourth-order valence-electron chi connectivity index (χ4n) is 1.76. The topological polar surface area (TPSA) is 26.0 Å². The third-order valence-corrected chi connectivity index (χ3v) is 2.54. The summed E-state index contributed by atoms with van der Waals surface area (Å²) < 4.78 is 0. The molecule has 0 bridgehead atoms. The molecule has 0 aromatic heterocycles. The molecule has 2 N–H and O–H groups in total. The first-order chi connectivity index (χ1) is 7.26. The summed E-state index contributed by atoms with van der Waals surface area (Å²) in [4.78, 5) is 0. The predicted molar refractivity (Wildman–Crippen MR) is 68.5 cm³/mol. The average Bonchev–Trinajstić information content (AvgIpc) is 2.28. The molecule has 74 valence electrons. The quantitative estimate of drug-likeness (QED) is 0.726. The molecule has 0 saturated heterocycles. The van der Waals surface area contributed by atoms with E-state index in [0.717, 1.165) is 27.6 Å². The number of anilines is 1. The van der Waals surface area contributed by atoms with Crippen LogP contribution >= 0.6 is 0 Å². The summed E-state index contributed by atoms with van der Waals surface area (Å²) in [5.74, 6) is 0. The van der Waals surface area contributed by atoms with E-state index in [9.17, 15) is 0 Å². The lowest BCUT2D eigenvalue weighted by Crippen LogP contribution is -1.89. The Labute approximate surface area is 89.5 Å². The van der Waals surface area contributed by atoms with Crippen molar-refractivity contribution < 1.29 is 0 Å². The Kier molecular flexibility index (Phi) is 2.30. The van der Waals surface area contributed by atoms with Crippen LogP contribution in [0, 0.1) is 0 Å². The van der Waals surface area contributed by atoms with E-state index in [1.807, 2.05) is 30.3 Å². The van der Waals surface area contributed by atoms with Gasteiger partial charge in [0.15, 0.2) is 0 Å². The number of nitrogens with two attached hydrogens (primary N) is 1. The van der Waals surface area contributed by atoms with Gasteiger partial charge in [-0.3, -0.25) is 0 Å². The molecule has 0 saturated carbocycles. The van der Waals surface area contributed by atoms with E-state index >= 15 is 0 Å². The molecule has 1 heteroatoms. The van der Waals surface area contributed by atoms with E-state index in [2.05, 4.69) is 19.2 Å². The van der Waals surface area contributed by atoms with Gasteiger partial charge in [0, 0.05) is 11.1 Å². The molecule has 2 aromatic carbocycles. The molecular formula is C14H13N. The number of hydrogen-bond acceptors (Lipinski definition) is 1. The number of benzene rings is 2. The maximum absolute atomic E-state index is 5.97. The van der Waals surface area contributed by atoms with Gasteiger partial charge in [0.05, 0.1) is 0 Å². The Morgan fingerprint density at radius 1 is 1.00 bits per heavy atom. The lowest BCUT2D eigenvalue weighted by atomic mass is 10.0. The molecule has 0 aliphatic heterocycles. The normalized spacial score (nSPS) is 10.1. The Bertz CT molecular complexity index is 538. The van der Waals surface area contributed by atoms with Gasteiger partial charge in [-0.15, -0.1) is 0 Å². The van der Waals surface area contributed by atoms with E-state index in [1.165, 1.54) is 0 Å². The second-order valence-electron chi connectivity index (χ2n) is 3.46. The molecule has 0 unspecified atom stereocenters. The van der Waals surface area contributed by atoms with E-state index in [1.54, 1.807) is 6.08 Å². The van der Waals surface area contributed by atoms with Gasteiger partial charge in [-0.2, -0.15) is 0 Å². The largest absolute Gasteiger partial charge is 0.398 e. The highest BCUT2D eigenvalue weighted by Gasteiger charge is 2.02. The van der Waals surface area contributed by atoms with Gasteiger partial charge in [0.1, 0.15) is 0 Å². The van der Waals surface area contributed by atoms with Crippen LogP contribution in [0.2, 0.25) is 0 Å². The first-order valence-electron chi connectivity index (χ1n) is 4.83. The highest BCUT2D eigenvalue weighted by atomic mass is 14.5. The summed E-state index contributed by atoms with van der Waals surface area (Å²) in [5, 5.41) is 2.19. The summed E-state index contributed by atoms with van der Waals surface area (Å²) in [5.41, 5.74) is 8.89. The van der Waals surface area contributed by atoms with Gasteiger partial charge >= 0.3 is 0 Å². The summed E-state index contributed by atoms with van der Waals surface area (Å²) in [6.07, 6.45) is 3.64. The number of hydrogen-bond donors (Lipinski definition) is 1. The van der Waals surface area contributed by atoms with Gasteiger partial charge in [-0.05, 0) is 28.6 Å². The minimum absolute atomic E-state index is 0.783. The third kappa shape index (κ3) is 1.52. The lowest BCUT2D eigenvalue weighted by Gasteiger charge is -2.06. The fourth-order valence-corrected chi connectivity index (χ4v) is 1.76. The van der Waals surface area contributed by atoms with Gasteiger partial charge in [0.25, 0.3) is 0 Å². The van der Waals surface area contributed by atoms with Crippen molar-refractivity contribution in [2.75, 3.05) is 5.73 Å². The predicted octanol–water partition coefficient (Wildman–Crippen LogP) is 3.71. The Morgan fingerprint density at radius 2 is 1.80 bits per heavy atom. The first kappa shape index (κ1) is 9.53. The zero-order valence-corrected chi connectivity index (χ0v) is 8.53. The van der Waals surface area contributed by atoms with Crippen LogP contribution in [0.3, 0.4) is 0 Å². The monoisotopic (exact) mass is 195 g/mol. The molecule has 2 rings (SSSR count). The second-order valence-corrected chi connectivity index (χ2v) is 3.46. The van der Waals surface area contributed by atoms with Gasteiger partial charge in [-0.25, -0.2) is 0 Å². The van der Waals surface area contributed by atoms with Crippen molar-refractivity contribution in [3.8, 4) is 0 Å². The summed E-state index contributed by atoms with van der Waals surface area (Å²) in [7, 11) is 0. The van der Waals surface area contributed by atoms with Crippen molar-refractivity contribution in [3.63, 3.8) is 0 Å². The standard InChI is InChI=1S/C14H13N/c1-3-10-8-13-11(4-2)6-5-7-12(13)14(15)9-10/h3-9H,1-2,15H2. The van der Waals surface area contributed by atoms with Crippen molar-refractivity contribution >= 4 is 28.6 Å². The van der Waals surface area contributed by atoms with E-state index in [-0.39, 0.29) is 0 Å². The molecule has 0 atom stereocenters. The van der Waals surface area contributed by atoms with Crippen LogP contribution in [0.1, 0.15) is 11.1 Å². The maximum Gasteiger partial charge on any atom is 0.0399 e. The Balaban J connectivity index is 2.91. The molecule has 1 nitrogen and oxygen atoms in total. The highest BCUT2D eigenvalue weighted by molar-refractivity contribution is 5.99. The molecule has 0 fully saturated rings. The van der Waals surface area contributed by atoms with Crippen molar-refractivity contribution in [1.82, 2.24) is 0 Å². The van der Waals surface area contributed by atoms with E-state index in [0.29, 0.717) is 0 Å². The minimum atomic E-state index is 0.783. The van der Waals surface area contributed by atoms with Crippen LogP contribution in [0.5, 0.6) is 0 Å². The molecule has 0 spiro atoms. The van der Waals surface area contributed by atoms with Gasteiger partial charge in [0.2, 0.25) is 0 Å². The number of nitrogen functional groups attached to an aromatic ring is 1. The number of fused-ring (bicyclic) bond motifs is 1. The molecule has 2 aromatic rings. The zero-order valence-electron chi connectivity index (χ0n) is 8.53. The van der Waals surface area contributed by atoms with Crippen molar-refractivity contribution in [2.45, 2.75) is 0 Å². The maximum atomic E-state index is 5.97. The Morgan fingerprint density at radius 3 is 2.47 bits per heavy atom. The van der Waals surface area contributed by atoms with E-state index < -0.39 is 0 Å². The molecule has 0 heterocycles. The molecule has 15 heavy (non-hydrogen) atoms. The van der Waals surface area contributed by atoms with E-state index in [4.69, 9.17) is 5.73 Å². The van der Waals surface area contributed by atoms with Crippen molar-refractivity contribution in [2.24, 2.45) is 0 Å². The number of rotatable bonds is 2. The zero-order chi connectivity index (χ0) is 10.8. The van der Waals surface area contributed by atoms with Crippen LogP contribution in [0.25, 0.3) is 22.9 Å². The SMILES string of the molecule is C=Cc1cc(N)c2cccc(C=C)c2c1. The third-order valence-electron chi connectivity index (χ3n) is 2.54. The fraction of sp³-hybridized carbons (Fsp3) is 0. The minimum Gasteiger partial charge on any atom is -0.398 e. The summed E-state index contributed by atoms with van der Waals surface area (Å²) in [6, 6.07) is 10.0. The molecule has 0 aliphatic rings. The van der Waals surface area contributed by atoms with Crippen LogP contribution < -0.4 is 5.73 Å². The molecular weight excluding hydrogens is 182 g/mol. The Hall–Kier alpha value is -2.02. The van der Waals surface area contributed by atoms with Gasteiger partial charge < -0.3 is 5.73 Å². The first-order valence-corrected chi connectivity index (χ1v) is 4.83. The van der Waals surface area contributed by atoms with Crippen LogP contribution in [-0.2, 0) is 0 Å². The van der Waals surface area contributed by atoms with Crippen LogP contribution in [0.15, 0.2) is 43.5 Å². The average molecular weight is 195 g/mol. The smallest absolute Gasteiger partial charge is 0.0399 e. The molecule has 0 aliphatic carbocycles. The van der Waals surface area contributed by atoms with Crippen molar-refractivity contribution in [1.29, 1.82) is 0 Å². The summed E-state index contributed by atoms with van der Waals surface area (Å²) >= 11 is 0. The highest BCUT2D eigenvalue weighted by Crippen LogP contribution is 2.27. The van der Waals surface area contributed by atoms with Crippen molar-refractivity contribution in [3.05, 3.63) is 54.6 Å². The summed E-state index contributed by atoms with van der Waals surface area (Å²) in [6.45, 7) is 7.55. The molecule has 0 radical (unpaired) electrons. The van der Waals surface area contributed by atoms with Crippen LogP contribution in [-0.4, -0.2) is 0 Å². The van der Waals surface area contributed by atoms with Crippen LogP contribution in [0.4, 0.5) is 5.69 Å². The molecule has 0 amide bonds.